The van der Waals surface area contributed by atoms with Crippen LogP contribution in [0.5, 0.6) is 0 Å². The van der Waals surface area contributed by atoms with Crippen molar-refractivity contribution in [1.29, 1.82) is 0 Å². The lowest BCUT2D eigenvalue weighted by Gasteiger charge is -2.36. The Labute approximate surface area is 91.4 Å². The van der Waals surface area contributed by atoms with Crippen molar-refractivity contribution < 1.29 is 14.2 Å². The average molecular weight is 212 g/mol. The molecule has 86 valence electrons. The number of hydrogen-bond acceptors (Lipinski definition) is 3. The summed E-state index contributed by atoms with van der Waals surface area (Å²) in [5.74, 6) is 0. The van der Waals surface area contributed by atoms with Crippen LogP contribution in [0.15, 0.2) is 12.8 Å². The summed E-state index contributed by atoms with van der Waals surface area (Å²) in [4.78, 5) is 0. The van der Waals surface area contributed by atoms with Crippen LogP contribution in [0.3, 0.4) is 0 Å². The van der Waals surface area contributed by atoms with Gasteiger partial charge in [-0.3, -0.25) is 0 Å². The zero-order valence-electron chi connectivity index (χ0n) is 9.46. The van der Waals surface area contributed by atoms with Crippen molar-refractivity contribution in [2.75, 3.05) is 33.0 Å². The highest BCUT2D eigenvalue weighted by Crippen LogP contribution is 2.59. The predicted molar refractivity (Wildman–Crippen MR) is 57.6 cm³/mol. The molecule has 0 amide bonds. The minimum atomic E-state index is 0.0255. The van der Waals surface area contributed by atoms with Crippen molar-refractivity contribution in [1.82, 2.24) is 0 Å². The molecule has 2 fully saturated rings. The number of ether oxygens (including phenoxy) is 3. The molecule has 1 heterocycles. The van der Waals surface area contributed by atoms with Crippen LogP contribution in [0.2, 0.25) is 0 Å². The van der Waals surface area contributed by atoms with Crippen LogP contribution >= 0.6 is 0 Å². The normalized spacial score (nSPS) is 27.8. The first kappa shape index (κ1) is 11.0. The van der Waals surface area contributed by atoms with E-state index in [9.17, 15) is 0 Å². The summed E-state index contributed by atoms with van der Waals surface area (Å²) in [6.07, 6.45) is 4.01. The van der Waals surface area contributed by atoms with E-state index in [1.54, 1.807) is 0 Å². The molecule has 0 radical (unpaired) electrons. The maximum Gasteiger partial charge on any atom is 0.0978 e. The van der Waals surface area contributed by atoms with E-state index in [0.717, 1.165) is 13.2 Å². The summed E-state index contributed by atoms with van der Waals surface area (Å²) in [6, 6.07) is 0. The summed E-state index contributed by atoms with van der Waals surface area (Å²) >= 11 is 0. The highest BCUT2D eigenvalue weighted by molar-refractivity contribution is 5.05. The zero-order valence-corrected chi connectivity index (χ0v) is 9.46. The molecule has 0 aromatic rings. The van der Waals surface area contributed by atoms with Crippen LogP contribution in [-0.4, -0.2) is 33.0 Å². The summed E-state index contributed by atoms with van der Waals surface area (Å²) < 4.78 is 16.7. The molecule has 1 saturated carbocycles. The van der Waals surface area contributed by atoms with Gasteiger partial charge in [-0.2, -0.15) is 0 Å². The van der Waals surface area contributed by atoms with Crippen molar-refractivity contribution >= 4 is 0 Å². The van der Waals surface area contributed by atoms with E-state index in [-0.39, 0.29) is 5.41 Å². The Morgan fingerprint density at radius 3 is 2.33 bits per heavy atom. The smallest absolute Gasteiger partial charge is 0.0978 e. The van der Waals surface area contributed by atoms with Gasteiger partial charge in [0, 0.05) is 0 Å². The van der Waals surface area contributed by atoms with Gasteiger partial charge >= 0.3 is 0 Å². The van der Waals surface area contributed by atoms with Crippen molar-refractivity contribution in [2.45, 2.75) is 19.8 Å². The van der Waals surface area contributed by atoms with Crippen LogP contribution in [0.4, 0.5) is 0 Å². The number of rotatable bonds is 4. The molecule has 0 unspecified atom stereocenters. The van der Waals surface area contributed by atoms with Gasteiger partial charge in [0.05, 0.1) is 44.7 Å². The minimum absolute atomic E-state index is 0.0255. The van der Waals surface area contributed by atoms with E-state index in [1.165, 1.54) is 19.1 Å². The lowest BCUT2D eigenvalue weighted by molar-refractivity contribution is -0.0482. The first-order chi connectivity index (χ1) is 7.22. The summed E-state index contributed by atoms with van der Waals surface area (Å²) in [5.41, 5.74) is 0.359. The van der Waals surface area contributed by atoms with Crippen LogP contribution in [-0.2, 0) is 14.2 Å². The maximum atomic E-state index is 5.63. The topological polar surface area (TPSA) is 27.7 Å². The molecular weight excluding hydrogens is 192 g/mol. The average Bonchev–Trinajstić information content (AvgIpc) is 3.00. The SMILES string of the molecule is C=COCC1(C2(C)CC2)COCCOC1. The highest BCUT2D eigenvalue weighted by atomic mass is 16.5. The fourth-order valence-electron chi connectivity index (χ4n) is 2.24. The monoisotopic (exact) mass is 212 g/mol. The van der Waals surface area contributed by atoms with Gasteiger partial charge in [-0.05, 0) is 18.3 Å². The van der Waals surface area contributed by atoms with Crippen molar-refractivity contribution in [3.8, 4) is 0 Å². The molecule has 2 rings (SSSR count). The van der Waals surface area contributed by atoms with Crippen LogP contribution in [0.1, 0.15) is 19.8 Å². The Morgan fingerprint density at radius 1 is 1.27 bits per heavy atom. The first-order valence-electron chi connectivity index (χ1n) is 5.61. The van der Waals surface area contributed by atoms with Gasteiger partial charge in [0.25, 0.3) is 0 Å². The quantitative estimate of drug-likeness (QED) is 0.667. The maximum absolute atomic E-state index is 5.63. The Hall–Kier alpha value is -0.540. The second-order valence-corrected chi connectivity index (χ2v) is 4.92. The molecule has 0 N–H and O–H groups in total. The number of hydrogen-bond donors (Lipinski definition) is 0. The van der Waals surface area contributed by atoms with Crippen LogP contribution in [0, 0.1) is 10.8 Å². The van der Waals surface area contributed by atoms with E-state index >= 15 is 0 Å². The van der Waals surface area contributed by atoms with Gasteiger partial charge in [0.1, 0.15) is 0 Å². The molecule has 1 saturated heterocycles. The molecule has 0 spiro atoms. The summed E-state index contributed by atoms with van der Waals surface area (Å²) in [6.45, 7) is 9.46. The predicted octanol–water partition coefficient (Wildman–Crippen LogP) is 1.98. The molecule has 0 bridgehead atoms. The van der Waals surface area contributed by atoms with Gasteiger partial charge in [-0.15, -0.1) is 0 Å². The molecule has 0 aromatic carbocycles. The Bertz CT molecular complexity index is 225. The van der Waals surface area contributed by atoms with Crippen LogP contribution < -0.4 is 0 Å². The Morgan fingerprint density at radius 2 is 1.87 bits per heavy atom. The van der Waals surface area contributed by atoms with E-state index in [0.29, 0.717) is 25.2 Å². The summed E-state index contributed by atoms with van der Waals surface area (Å²) in [7, 11) is 0. The standard InChI is InChI=1S/C12H20O3/c1-3-13-8-12(11(2)4-5-11)9-14-6-7-15-10-12/h3H,1,4-10H2,2H3. The van der Waals surface area contributed by atoms with Gasteiger partial charge in [-0.1, -0.05) is 13.5 Å². The largest absolute Gasteiger partial charge is 0.501 e. The van der Waals surface area contributed by atoms with E-state index < -0.39 is 0 Å². The van der Waals surface area contributed by atoms with E-state index in [1.807, 2.05) is 0 Å². The van der Waals surface area contributed by atoms with Gasteiger partial charge in [0.15, 0.2) is 0 Å². The van der Waals surface area contributed by atoms with Gasteiger partial charge in [-0.25, -0.2) is 0 Å². The second-order valence-electron chi connectivity index (χ2n) is 4.92. The Kier molecular flexibility index (Phi) is 3.03. The van der Waals surface area contributed by atoms with E-state index in [4.69, 9.17) is 14.2 Å². The molecule has 3 nitrogen and oxygen atoms in total. The zero-order chi connectivity index (χ0) is 10.8. The van der Waals surface area contributed by atoms with E-state index in [2.05, 4.69) is 13.5 Å². The minimum Gasteiger partial charge on any atom is -0.501 e. The fourth-order valence-corrected chi connectivity index (χ4v) is 2.24. The van der Waals surface area contributed by atoms with Crippen molar-refractivity contribution in [3.05, 3.63) is 12.8 Å². The van der Waals surface area contributed by atoms with Crippen molar-refractivity contribution in [2.24, 2.45) is 10.8 Å². The third-order valence-electron chi connectivity index (χ3n) is 3.89. The molecular formula is C12H20O3. The molecule has 15 heavy (non-hydrogen) atoms. The van der Waals surface area contributed by atoms with Crippen molar-refractivity contribution in [3.63, 3.8) is 0 Å². The van der Waals surface area contributed by atoms with Crippen LogP contribution in [0.25, 0.3) is 0 Å². The molecule has 3 heteroatoms. The third-order valence-corrected chi connectivity index (χ3v) is 3.89. The molecule has 0 atom stereocenters. The molecule has 1 aliphatic carbocycles. The van der Waals surface area contributed by atoms with Gasteiger partial charge in [0.2, 0.25) is 0 Å². The summed E-state index contributed by atoms with van der Waals surface area (Å²) in [5, 5.41) is 0. The lowest BCUT2D eigenvalue weighted by atomic mass is 9.75. The lowest BCUT2D eigenvalue weighted by Crippen LogP contribution is -2.42. The molecule has 0 aromatic heterocycles. The second kappa shape index (κ2) is 4.14. The Balaban J connectivity index is 2.09. The highest BCUT2D eigenvalue weighted by Gasteiger charge is 2.57. The third kappa shape index (κ3) is 2.04. The fraction of sp³-hybridized carbons (Fsp3) is 0.833. The molecule has 2 aliphatic rings. The van der Waals surface area contributed by atoms with Gasteiger partial charge < -0.3 is 14.2 Å². The first-order valence-corrected chi connectivity index (χ1v) is 5.61. The molecule has 1 aliphatic heterocycles.